The molecule has 0 aromatic heterocycles. The summed E-state index contributed by atoms with van der Waals surface area (Å²) in [6, 6.07) is 11.4. The zero-order valence-corrected chi connectivity index (χ0v) is 23.5. The van der Waals surface area contributed by atoms with E-state index in [1.807, 2.05) is 6.07 Å². The lowest BCUT2D eigenvalue weighted by Crippen LogP contribution is -2.53. The molecule has 4 aliphatic rings. The fourth-order valence-electron chi connectivity index (χ4n) is 7.12. The number of carbonyl (C=O) groups is 2. The molecule has 40 heavy (non-hydrogen) atoms. The minimum atomic E-state index is -1.20. The lowest BCUT2D eigenvalue weighted by atomic mass is 9.67. The van der Waals surface area contributed by atoms with Gasteiger partial charge in [0.25, 0.3) is 11.8 Å². The summed E-state index contributed by atoms with van der Waals surface area (Å²) >= 11 is 0. The van der Waals surface area contributed by atoms with Crippen molar-refractivity contribution in [3.8, 4) is 11.1 Å². The Morgan fingerprint density at radius 1 is 0.750 bits per heavy atom. The Balaban J connectivity index is 1.19. The maximum atomic E-state index is 15.4. The second-order valence-corrected chi connectivity index (χ2v) is 12.5. The fourth-order valence-corrected chi connectivity index (χ4v) is 7.12. The first kappa shape index (κ1) is 27.3. The molecule has 7 heteroatoms. The number of anilines is 1. The van der Waals surface area contributed by atoms with Crippen LogP contribution in [0.15, 0.2) is 36.4 Å². The summed E-state index contributed by atoms with van der Waals surface area (Å²) in [5.74, 6) is -1.11. The Morgan fingerprint density at radius 2 is 1.35 bits per heavy atom. The van der Waals surface area contributed by atoms with Gasteiger partial charge in [0.2, 0.25) is 0 Å². The number of fused-ring (bicyclic) bond motifs is 2. The summed E-state index contributed by atoms with van der Waals surface area (Å²) in [7, 11) is 0. The van der Waals surface area contributed by atoms with Crippen LogP contribution in [-0.2, 0) is 10.2 Å². The van der Waals surface area contributed by atoms with Gasteiger partial charge in [0.15, 0.2) is 0 Å². The number of rotatable bonds is 3. The van der Waals surface area contributed by atoms with E-state index in [2.05, 4.69) is 23.5 Å². The van der Waals surface area contributed by atoms with E-state index < -0.39 is 11.4 Å². The molecule has 0 atom stereocenters. The van der Waals surface area contributed by atoms with Crippen molar-refractivity contribution >= 4 is 17.5 Å². The summed E-state index contributed by atoms with van der Waals surface area (Å²) in [5, 5.41) is 13.7. The van der Waals surface area contributed by atoms with Crippen LogP contribution in [0.25, 0.3) is 11.1 Å². The van der Waals surface area contributed by atoms with Gasteiger partial charge in [-0.2, -0.15) is 0 Å². The predicted molar refractivity (Wildman–Crippen MR) is 155 cm³/mol. The van der Waals surface area contributed by atoms with E-state index in [-0.39, 0.29) is 22.8 Å². The Hall–Kier alpha value is -2.93. The van der Waals surface area contributed by atoms with Crippen LogP contribution in [0.4, 0.5) is 10.1 Å². The molecule has 2 aliphatic carbocycles. The molecular weight excluding hydrogens is 505 g/mol. The van der Waals surface area contributed by atoms with Gasteiger partial charge in [-0.25, -0.2) is 4.39 Å². The first-order chi connectivity index (χ1) is 19.4. The van der Waals surface area contributed by atoms with Crippen molar-refractivity contribution < 1.29 is 19.1 Å². The first-order valence-electron chi connectivity index (χ1n) is 15.4. The molecule has 1 spiro atoms. The maximum absolute atomic E-state index is 15.4. The molecule has 2 amide bonds. The van der Waals surface area contributed by atoms with Gasteiger partial charge in [-0.15, -0.1) is 0 Å². The van der Waals surface area contributed by atoms with E-state index in [0.717, 1.165) is 24.1 Å². The highest BCUT2D eigenvalue weighted by atomic mass is 19.1. The van der Waals surface area contributed by atoms with E-state index in [1.165, 1.54) is 75.1 Å². The molecule has 2 N–H and O–H groups in total. The number of nitrogens with one attached hydrogen (secondary N) is 1. The Morgan fingerprint density at radius 3 is 2.00 bits per heavy atom. The highest BCUT2D eigenvalue weighted by Gasteiger charge is 2.50. The summed E-state index contributed by atoms with van der Waals surface area (Å²) in [5.41, 5.74) is 3.40. The van der Waals surface area contributed by atoms with Crippen LogP contribution in [0, 0.1) is 5.82 Å². The number of halogens is 1. The minimum absolute atomic E-state index is 0.0628. The highest BCUT2D eigenvalue weighted by Crippen LogP contribution is 2.46. The minimum Gasteiger partial charge on any atom is -0.385 e. The van der Waals surface area contributed by atoms with Crippen molar-refractivity contribution in [1.82, 2.24) is 9.80 Å². The molecule has 2 aromatic rings. The van der Waals surface area contributed by atoms with Gasteiger partial charge in [-0.1, -0.05) is 57.1 Å². The second-order valence-electron chi connectivity index (χ2n) is 12.5. The van der Waals surface area contributed by atoms with Crippen molar-refractivity contribution in [2.75, 3.05) is 38.0 Å². The van der Waals surface area contributed by atoms with E-state index >= 15 is 4.39 Å². The van der Waals surface area contributed by atoms with Gasteiger partial charge in [-0.3, -0.25) is 9.59 Å². The average Bonchev–Trinajstić information content (AvgIpc) is 3.74. The van der Waals surface area contributed by atoms with Crippen LogP contribution in [0.3, 0.4) is 0 Å². The third kappa shape index (κ3) is 5.37. The van der Waals surface area contributed by atoms with Gasteiger partial charge in [0, 0.05) is 38.4 Å². The number of benzene rings is 2. The molecule has 1 saturated heterocycles. The molecule has 3 fully saturated rings. The van der Waals surface area contributed by atoms with E-state index in [1.54, 1.807) is 15.9 Å². The number of nitrogens with zero attached hydrogens (tertiary/aromatic N) is 2. The third-order valence-electron chi connectivity index (χ3n) is 9.83. The molecule has 2 aromatic carbocycles. The number of hydrogen-bond donors (Lipinski definition) is 2. The maximum Gasteiger partial charge on any atom is 0.256 e. The molecule has 2 heterocycles. The molecule has 0 bridgehead atoms. The van der Waals surface area contributed by atoms with Gasteiger partial charge in [0.05, 0.1) is 5.56 Å². The Kier molecular flexibility index (Phi) is 7.60. The molecular formula is C33H42FN3O3. The summed E-state index contributed by atoms with van der Waals surface area (Å²) in [6.07, 6.45) is 13.7. The lowest BCUT2D eigenvalue weighted by molar-refractivity contribution is -0.143. The molecule has 0 radical (unpaired) electrons. The van der Waals surface area contributed by atoms with Gasteiger partial charge < -0.3 is 20.2 Å². The van der Waals surface area contributed by atoms with Crippen molar-refractivity contribution in [3.63, 3.8) is 0 Å². The number of aliphatic hydroxyl groups is 1. The first-order valence-corrected chi connectivity index (χ1v) is 15.4. The van der Waals surface area contributed by atoms with E-state index in [0.29, 0.717) is 39.0 Å². The number of piperazine rings is 1. The quantitative estimate of drug-likeness (QED) is 0.504. The fraction of sp³-hybridized carbons (Fsp3) is 0.576. The van der Waals surface area contributed by atoms with E-state index in [4.69, 9.17) is 0 Å². The molecule has 214 valence electrons. The van der Waals surface area contributed by atoms with Gasteiger partial charge >= 0.3 is 0 Å². The summed E-state index contributed by atoms with van der Waals surface area (Å²) < 4.78 is 15.4. The number of amides is 2. The summed E-state index contributed by atoms with van der Waals surface area (Å²) in [6.45, 7) is 2.39. The highest BCUT2D eigenvalue weighted by molar-refractivity contribution is 5.95. The van der Waals surface area contributed by atoms with Crippen LogP contribution in [-0.4, -0.2) is 65.0 Å². The van der Waals surface area contributed by atoms with Gasteiger partial charge in [-0.05, 0) is 78.5 Å². The van der Waals surface area contributed by atoms with E-state index in [9.17, 15) is 14.7 Å². The molecule has 0 unspecified atom stereocenters. The van der Waals surface area contributed by atoms with Crippen LogP contribution in [0.1, 0.15) is 93.0 Å². The van der Waals surface area contributed by atoms with Crippen molar-refractivity contribution in [1.29, 1.82) is 0 Å². The second kappa shape index (κ2) is 11.2. The zero-order valence-electron chi connectivity index (χ0n) is 23.5. The molecule has 2 aliphatic heterocycles. The van der Waals surface area contributed by atoms with Crippen molar-refractivity contribution in [3.05, 3.63) is 53.3 Å². The Bertz CT molecular complexity index is 1260. The van der Waals surface area contributed by atoms with Crippen LogP contribution in [0.5, 0.6) is 0 Å². The number of carbonyl (C=O) groups excluding carboxylic acids is 2. The summed E-state index contributed by atoms with van der Waals surface area (Å²) in [4.78, 5) is 28.8. The molecule has 6 nitrogen and oxygen atoms in total. The average molecular weight is 548 g/mol. The normalized spacial score (nSPS) is 22.2. The monoisotopic (exact) mass is 547 g/mol. The van der Waals surface area contributed by atoms with Crippen molar-refractivity contribution in [2.45, 2.75) is 88.1 Å². The predicted octanol–water partition coefficient (Wildman–Crippen LogP) is 5.88. The smallest absolute Gasteiger partial charge is 0.256 e. The standard InChI is InChI=1S/C33H42FN3O3/c34-28-23-25(8-10-26(28)30(38)36-18-20-37(21-19-36)31(39)33(40)14-15-33)24-9-11-29-27(22-24)32(16-17-35-29)12-6-4-2-1-3-5-7-13-32/h8-11,22-23,35,40H,1-7,12-21H2. The van der Waals surface area contributed by atoms with Crippen LogP contribution in [0.2, 0.25) is 0 Å². The zero-order chi connectivity index (χ0) is 27.7. The lowest BCUT2D eigenvalue weighted by Gasteiger charge is -2.41. The van der Waals surface area contributed by atoms with Crippen LogP contribution < -0.4 is 5.32 Å². The molecule has 2 saturated carbocycles. The van der Waals surface area contributed by atoms with Gasteiger partial charge in [0.1, 0.15) is 11.4 Å². The SMILES string of the molecule is O=C(c1ccc(-c2ccc3c(c2)C2(CCCCCCCCC2)CCN3)cc1F)N1CCN(C(=O)C2(O)CC2)CC1. The Labute approximate surface area is 236 Å². The third-order valence-corrected chi connectivity index (χ3v) is 9.83. The number of hydrogen-bond acceptors (Lipinski definition) is 4. The van der Waals surface area contributed by atoms with Crippen molar-refractivity contribution in [2.24, 2.45) is 0 Å². The van der Waals surface area contributed by atoms with Crippen LogP contribution >= 0.6 is 0 Å². The topological polar surface area (TPSA) is 72.9 Å². The largest absolute Gasteiger partial charge is 0.385 e. The molecule has 6 rings (SSSR count).